The molecule has 0 saturated heterocycles. The molecule has 0 radical (unpaired) electrons. The van der Waals surface area contributed by atoms with Crippen LogP contribution in [-0.2, 0) is 0 Å². The Balaban J connectivity index is 2.30. The van der Waals surface area contributed by atoms with Crippen LogP contribution in [-0.4, -0.2) is 6.54 Å². The number of benzene rings is 1. The average molecular weight is 284 g/mol. The average Bonchev–Trinajstić information content (AvgIpc) is 2.88. The number of halogens is 2. The predicted octanol–water partition coefficient (Wildman–Crippen LogP) is 4.63. The molecule has 1 aromatic heterocycles. The minimum Gasteiger partial charge on any atom is -0.306 e. The van der Waals surface area contributed by atoms with Crippen molar-refractivity contribution in [1.82, 2.24) is 5.32 Å². The number of nitrogens with one attached hydrogen (secondary N) is 1. The molecule has 1 nitrogen and oxygen atoms in total. The molecule has 4 heteroatoms. The topological polar surface area (TPSA) is 12.0 Å². The van der Waals surface area contributed by atoms with Crippen LogP contribution in [0.3, 0.4) is 0 Å². The van der Waals surface area contributed by atoms with E-state index in [1.807, 2.05) is 11.4 Å². The van der Waals surface area contributed by atoms with E-state index in [0.717, 1.165) is 18.5 Å². The molecule has 0 bridgehead atoms. The number of rotatable bonds is 5. The lowest BCUT2D eigenvalue weighted by molar-refractivity contribution is 0.599. The van der Waals surface area contributed by atoms with E-state index < -0.39 is 0 Å². The van der Waals surface area contributed by atoms with E-state index in [2.05, 4.69) is 18.3 Å². The SMILES string of the molecule is CCCNC(c1ccc(F)c(Cl)c1)c1cccs1. The fourth-order valence-corrected chi connectivity index (χ4v) is 2.83. The molecule has 0 saturated carbocycles. The van der Waals surface area contributed by atoms with Crippen LogP contribution in [0.5, 0.6) is 0 Å². The highest BCUT2D eigenvalue weighted by Gasteiger charge is 2.15. The summed E-state index contributed by atoms with van der Waals surface area (Å²) in [6.07, 6.45) is 1.05. The summed E-state index contributed by atoms with van der Waals surface area (Å²) in [6, 6.07) is 9.09. The molecule has 1 aromatic carbocycles. The smallest absolute Gasteiger partial charge is 0.141 e. The lowest BCUT2D eigenvalue weighted by Crippen LogP contribution is -2.22. The van der Waals surface area contributed by atoms with Gasteiger partial charge in [0.2, 0.25) is 0 Å². The third-order valence-corrected chi connectivity index (χ3v) is 3.93. The maximum absolute atomic E-state index is 13.2. The van der Waals surface area contributed by atoms with Gasteiger partial charge in [-0.05, 0) is 42.1 Å². The van der Waals surface area contributed by atoms with E-state index in [0.29, 0.717) is 0 Å². The van der Waals surface area contributed by atoms with Gasteiger partial charge >= 0.3 is 0 Å². The molecule has 0 spiro atoms. The summed E-state index contributed by atoms with van der Waals surface area (Å²) in [7, 11) is 0. The molecular weight excluding hydrogens is 269 g/mol. The highest BCUT2D eigenvalue weighted by atomic mass is 35.5. The second-order valence-electron chi connectivity index (χ2n) is 4.08. The van der Waals surface area contributed by atoms with Gasteiger partial charge in [-0.3, -0.25) is 0 Å². The lowest BCUT2D eigenvalue weighted by atomic mass is 10.1. The highest BCUT2D eigenvalue weighted by Crippen LogP contribution is 2.28. The fraction of sp³-hybridized carbons (Fsp3) is 0.286. The molecular formula is C14H15ClFNS. The first-order valence-electron chi connectivity index (χ1n) is 5.94. The molecule has 1 unspecified atom stereocenters. The van der Waals surface area contributed by atoms with Crippen LogP contribution in [0.2, 0.25) is 5.02 Å². The summed E-state index contributed by atoms with van der Waals surface area (Å²) in [5.41, 5.74) is 0.998. The molecule has 0 fully saturated rings. The molecule has 0 aliphatic carbocycles. The predicted molar refractivity (Wildman–Crippen MR) is 75.9 cm³/mol. The molecule has 18 heavy (non-hydrogen) atoms. The minimum absolute atomic E-state index is 0.0862. The number of hydrogen-bond donors (Lipinski definition) is 1. The zero-order chi connectivity index (χ0) is 13.0. The van der Waals surface area contributed by atoms with Gasteiger partial charge in [0.15, 0.2) is 0 Å². The second-order valence-corrected chi connectivity index (χ2v) is 5.46. The zero-order valence-corrected chi connectivity index (χ0v) is 11.7. The standard InChI is InChI=1S/C14H15ClFNS/c1-2-7-17-14(13-4-3-8-18-13)10-5-6-12(16)11(15)9-10/h3-6,8-9,14,17H,2,7H2,1H3. The van der Waals surface area contributed by atoms with Crippen LogP contribution in [0.15, 0.2) is 35.7 Å². The Labute approximate surface area is 116 Å². The largest absolute Gasteiger partial charge is 0.306 e. The lowest BCUT2D eigenvalue weighted by Gasteiger charge is -2.18. The maximum Gasteiger partial charge on any atom is 0.141 e. The van der Waals surface area contributed by atoms with Gasteiger partial charge in [0, 0.05) is 4.88 Å². The van der Waals surface area contributed by atoms with Gasteiger partial charge in [-0.25, -0.2) is 4.39 Å². The summed E-state index contributed by atoms with van der Waals surface area (Å²) < 4.78 is 13.2. The van der Waals surface area contributed by atoms with Crippen LogP contribution in [0.25, 0.3) is 0 Å². The van der Waals surface area contributed by atoms with E-state index in [1.54, 1.807) is 23.5 Å². The summed E-state index contributed by atoms with van der Waals surface area (Å²) >= 11 is 7.54. The second kappa shape index (κ2) is 6.32. The van der Waals surface area contributed by atoms with E-state index in [1.165, 1.54) is 10.9 Å². The highest BCUT2D eigenvalue weighted by molar-refractivity contribution is 7.10. The normalized spacial score (nSPS) is 12.6. The van der Waals surface area contributed by atoms with Crippen molar-refractivity contribution in [2.24, 2.45) is 0 Å². The van der Waals surface area contributed by atoms with Crippen LogP contribution in [0.1, 0.15) is 29.8 Å². The van der Waals surface area contributed by atoms with Crippen LogP contribution >= 0.6 is 22.9 Å². The minimum atomic E-state index is -0.374. The molecule has 0 amide bonds. The van der Waals surface area contributed by atoms with Crippen molar-refractivity contribution >= 4 is 22.9 Å². The monoisotopic (exact) mass is 283 g/mol. The molecule has 2 rings (SSSR count). The first-order valence-corrected chi connectivity index (χ1v) is 7.20. The molecule has 0 aliphatic rings. The van der Waals surface area contributed by atoms with Crippen molar-refractivity contribution < 1.29 is 4.39 Å². The Hall–Kier alpha value is -0.900. The van der Waals surface area contributed by atoms with Crippen molar-refractivity contribution in [3.8, 4) is 0 Å². The molecule has 2 aromatic rings. The quantitative estimate of drug-likeness (QED) is 0.844. The maximum atomic E-state index is 13.2. The van der Waals surface area contributed by atoms with E-state index in [-0.39, 0.29) is 16.9 Å². The molecule has 1 heterocycles. The molecule has 96 valence electrons. The first kappa shape index (κ1) is 13.5. The van der Waals surface area contributed by atoms with Gasteiger partial charge in [-0.1, -0.05) is 30.7 Å². The van der Waals surface area contributed by atoms with Gasteiger partial charge in [0.25, 0.3) is 0 Å². The molecule has 1 atom stereocenters. The van der Waals surface area contributed by atoms with Crippen molar-refractivity contribution in [2.75, 3.05) is 6.54 Å². The summed E-state index contributed by atoms with van der Waals surface area (Å²) in [5, 5.41) is 5.68. The van der Waals surface area contributed by atoms with Crippen molar-refractivity contribution in [3.63, 3.8) is 0 Å². The van der Waals surface area contributed by atoms with Gasteiger partial charge in [0.1, 0.15) is 5.82 Å². The van der Waals surface area contributed by atoms with Crippen molar-refractivity contribution in [3.05, 3.63) is 57.0 Å². The van der Waals surface area contributed by atoms with E-state index in [9.17, 15) is 4.39 Å². The van der Waals surface area contributed by atoms with E-state index >= 15 is 0 Å². The zero-order valence-electron chi connectivity index (χ0n) is 10.1. The van der Waals surface area contributed by atoms with Gasteiger partial charge < -0.3 is 5.32 Å². The van der Waals surface area contributed by atoms with Gasteiger partial charge in [0.05, 0.1) is 11.1 Å². The van der Waals surface area contributed by atoms with Crippen molar-refractivity contribution in [2.45, 2.75) is 19.4 Å². The summed E-state index contributed by atoms with van der Waals surface area (Å²) in [5.74, 6) is -0.374. The van der Waals surface area contributed by atoms with Gasteiger partial charge in [-0.2, -0.15) is 0 Å². The number of hydrogen-bond acceptors (Lipinski definition) is 2. The first-order chi connectivity index (χ1) is 8.72. The molecule has 0 aliphatic heterocycles. The van der Waals surface area contributed by atoms with E-state index in [4.69, 9.17) is 11.6 Å². The third kappa shape index (κ3) is 3.10. The fourth-order valence-electron chi connectivity index (χ4n) is 1.82. The Morgan fingerprint density at radius 1 is 1.39 bits per heavy atom. The Morgan fingerprint density at radius 3 is 2.83 bits per heavy atom. The number of thiophene rings is 1. The van der Waals surface area contributed by atoms with Gasteiger partial charge in [-0.15, -0.1) is 11.3 Å². The van der Waals surface area contributed by atoms with Crippen LogP contribution < -0.4 is 5.32 Å². The summed E-state index contributed by atoms with van der Waals surface area (Å²) in [6.45, 7) is 3.04. The third-order valence-electron chi connectivity index (χ3n) is 2.70. The summed E-state index contributed by atoms with van der Waals surface area (Å²) in [4.78, 5) is 1.21. The molecule has 1 N–H and O–H groups in total. The van der Waals surface area contributed by atoms with Crippen LogP contribution in [0, 0.1) is 5.82 Å². The Bertz CT molecular complexity index is 499. The Morgan fingerprint density at radius 2 is 2.22 bits per heavy atom. The van der Waals surface area contributed by atoms with Crippen molar-refractivity contribution in [1.29, 1.82) is 0 Å². The Kier molecular flexibility index (Phi) is 4.75. The van der Waals surface area contributed by atoms with Crippen LogP contribution in [0.4, 0.5) is 4.39 Å².